The van der Waals surface area contributed by atoms with Crippen molar-refractivity contribution in [2.24, 2.45) is 0 Å². The molecule has 2 N–H and O–H groups in total. The van der Waals surface area contributed by atoms with Crippen molar-refractivity contribution in [1.82, 2.24) is 24.8 Å². The Morgan fingerprint density at radius 2 is 1.91 bits per heavy atom. The first-order valence-electron chi connectivity index (χ1n) is 11.1. The number of fused-ring (bicyclic) bond motifs is 2. The number of aliphatic hydroxyl groups excluding tert-OH is 1. The molecule has 1 aliphatic rings. The number of nitrogens with one attached hydrogen (secondary N) is 1. The molecule has 0 amide bonds. The summed E-state index contributed by atoms with van der Waals surface area (Å²) in [6.07, 6.45) is 2.73. The van der Waals surface area contributed by atoms with Crippen molar-refractivity contribution in [3.63, 3.8) is 0 Å². The molecule has 174 valence electrons. The zero-order chi connectivity index (χ0) is 23.7. The Bertz CT molecular complexity index is 1340. The quantitative estimate of drug-likeness (QED) is 0.405. The summed E-state index contributed by atoms with van der Waals surface area (Å²) in [5.41, 5.74) is 3.30. The van der Waals surface area contributed by atoms with E-state index in [2.05, 4.69) is 38.2 Å². The molecule has 1 saturated heterocycles. The van der Waals surface area contributed by atoms with Crippen LogP contribution in [0.15, 0.2) is 48.9 Å². The second kappa shape index (κ2) is 9.46. The lowest BCUT2D eigenvalue weighted by molar-refractivity contribution is -0.124. The number of pyridine rings is 2. The van der Waals surface area contributed by atoms with Crippen LogP contribution in [0.3, 0.4) is 0 Å². The van der Waals surface area contributed by atoms with E-state index >= 15 is 0 Å². The van der Waals surface area contributed by atoms with E-state index in [1.165, 1.54) is 6.33 Å². The monoisotopic (exact) mass is 477 g/mol. The third-order valence-corrected chi connectivity index (χ3v) is 6.34. The molecule has 34 heavy (non-hydrogen) atoms. The van der Waals surface area contributed by atoms with E-state index in [0.717, 1.165) is 27.8 Å². The van der Waals surface area contributed by atoms with Gasteiger partial charge in [-0.1, -0.05) is 11.6 Å². The van der Waals surface area contributed by atoms with Crippen molar-refractivity contribution in [3.8, 4) is 0 Å². The largest absolute Gasteiger partial charge is 0.371 e. The summed E-state index contributed by atoms with van der Waals surface area (Å²) in [5.74, 6) is 1.50. The predicted molar refractivity (Wildman–Crippen MR) is 132 cm³/mol. The number of hydrogen-bond donors (Lipinski definition) is 2. The highest BCUT2D eigenvalue weighted by Gasteiger charge is 2.26. The number of carbonyl (C=O) groups is 1. The van der Waals surface area contributed by atoms with Crippen LogP contribution in [0.5, 0.6) is 0 Å². The highest BCUT2D eigenvalue weighted by molar-refractivity contribution is 6.31. The van der Waals surface area contributed by atoms with Gasteiger partial charge in [-0.25, -0.2) is 15.0 Å². The average Bonchev–Trinajstić information content (AvgIpc) is 2.87. The normalized spacial score (nSPS) is 16.5. The van der Waals surface area contributed by atoms with Gasteiger partial charge in [-0.2, -0.15) is 0 Å². The van der Waals surface area contributed by atoms with Crippen molar-refractivity contribution < 1.29 is 9.90 Å². The van der Waals surface area contributed by atoms with E-state index in [9.17, 15) is 9.90 Å². The third kappa shape index (κ3) is 4.37. The molecular weight excluding hydrogens is 454 g/mol. The predicted octanol–water partition coefficient (Wildman–Crippen LogP) is 3.04. The Kier molecular flexibility index (Phi) is 6.23. The molecule has 1 fully saturated rings. The van der Waals surface area contributed by atoms with E-state index in [1.807, 2.05) is 30.3 Å². The topological polar surface area (TPSA) is 107 Å². The molecule has 2 atom stereocenters. The van der Waals surface area contributed by atoms with Crippen molar-refractivity contribution >= 4 is 51.5 Å². The number of nitrogens with zero attached hydrogens (tertiary/aromatic N) is 6. The van der Waals surface area contributed by atoms with Gasteiger partial charge in [-0.3, -0.25) is 14.7 Å². The molecule has 9 nitrogen and oxygen atoms in total. The van der Waals surface area contributed by atoms with E-state index in [4.69, 9.17) is 16.6 Å². The first-order valence-corrected chi connectivity index (χ1v) is 11.5. The molecule has 4 aromatic rings. The van der Waals surface area contributed by atoms with Gasteiger partial charge in [-0.15, -0.1) is 0 Å². The summed E-state index contributed by atoms with van der Waals surface area (Å²) in [6, 6.07) is 11.4. The van der Waals surface area contributed by atoms with E-state index < -0.39 is 6.23 Å². The van der Waals surface area contributed by atoms with Gasteiger partial charge in [0, 0.05) is 48.3 Å². The van der Waals surface area contributed by atoms with Crippen molar-refractivity contribution in [2.75, 3.05) is 36.4 Å². The smallest absolute Gasteiger partial charge is 0.164 e. The highest BCUT2D eigenvalue weighted by Crippen LogP contribution is 2.33. The summed E-state index contributed by atoms with van der Waals surface area (Å²) < 4.78 is 0. The van der Waals surface area contributed by atoms with Crippen LogP contribution in [-0.4, -0.2) is 68.6 Å². The van der Waals surface area contributed by atoms with Gasteiger partial charge in [0.15, 0.2) is 18.3 Å². The summed E-state index contributed by atoms with van der Waals surface area (Å²) >= 11 is 6.26. The van der Waals surface area contributed by atoms with Gasteiger partial charge in [0.1, 0.15) is 17.7 Å². The average molecular weight is 478 g/mol. The minimum Gasteiger partial charge on any atom is -0.371 e. The highest BCUT2D eigenvalue weighted by atomic mass is 35.5. The van der Waals surface area contributed by atoms with Crippen molar-refractivity contribution in [1.29, 1.82) is 0 Å². The molecule has 10 heteroatoms. The first kappa shape index (κ1) is 22.4. The van der Waals surface area contributed by atoms with Crippen LogP contribution in [0.1, 0.15) is 18.5 Å². The molecule has 5 rings (SSSR count). The van der Waals surface area contributed by atoms with Crippen molar-refractivity contribution in [2.45, 2.75) is 19.2 Å². The number of aldehydes is 1. The lowest BCUT2D eigenvalue weighted by Crippen LogP contribution is -2.51. The third-order valence-electron chi connectivity index (χ3n) is 6.11. The number of benzene rings is 1. The van der Waals surface area contributed by atoms with E-state index in [0.29, 0.717) is 48.8 Å². The fourth-order valence-electron chi connectivity index (χ4n) is 4.29. The van der Waals surface area contributed by atoms with E-state index in [1.54, 1.807) is 11.1 Å². The minimum absolute atomic E-state index is 0.149. The summed E-state index contributed by atoms with van der Waals surface area (Å²) in [4.78, 5) is 33.1. The van der Waals surface area contributed by atoms with E-state index in [-0.39, 0.29) is 6.04 Å². The van der Waals surface area contributed by atoms with Gasteiger partial charge in [0.05, 0.1) is 17.1 Å². The van der Waals surface area contributed by atoms with Crippen LogP contribution in [0.4, 0.5) is 11.6 Å². The Morgan fingerprint density at radius 3 is 2.71 bits per heavy atom. The zero-order valence-electron chi connectivity index (χ0n) is 18.6. The number of anilines is 2. The van der Waals surface area contributed by atoms with Crippen LogP contribution in [0, 0.1) is 0 Å². The van der Waals surface area contributed by atoms with Gasteiger partial charge in [0.2, 0.25) is 0 Å². The molecule has 1 aliphatic heterocycles. The number of rotatable bonds is 6. The number of halogens is 1. The van der Waals surface area contributed by atoms with Crippen LogP contribution in [-0.2, 0) is 4.79 Å². The number of piperazine rings is 1. The Morgan fingerprint density at radius 1 is 1.09 bits per heavy atom. The lowest BCUT2D eigenvalue weighted by Gasteiger charge is -2.37. The van der Waals surface area contributed by atoms with Crippen LogP contribution in [0.25, 0.3) is 21.9 Å². The van der Waals surface area contributed by atoms with Gasteiger partial charge in [0.25, 0.3) is 0 Å². The summed E-state index contributed by atoms with van der Waals surface area (Å²) in [7, 11) is 0. The zero-order valence-corrected chi connectivity index (χ0v) is 19.4. The Hall–Kier alpha value is -3.40. The van der Waals surface area contributed by atoms with Gasteiger partial charge in [-0.05, 0) is 43.3 Å². The molecule has 0 radical (unpaired) electrons. The Labute approximate surface area is 201 Å². The van der Waals surface area contributed by atoms with Crippen molar-refractivity contribution in [3.05, 3.63) is 59.5 Å². The van der Waals surface area contributed by atoms with Crippen LogP contribution < -0.4 is 10.2 Å². The molecule has 1 aromatic carbocycles. The number of hydrogen-bond acceptors (Lipinski definition) is 9. The standard InChI is InChI=1S/C24H24ClN7O2/c1-15(29-23-22-20(27-14-28-23)3-2-6-26-22)18-12-16-11-17(25)4-5-19(16)30-24(18)32-9-7-31(8-10-32)21(34)13-33/h2-6,11-15,21,34H,7-10H2,1H3,(H,27,28,29)/t15-,21?/m0/s1. The summed E-state index contributed by atoms with van der Waals surface area (Å²) in [5, 5.41) is 15.0. The fourth-order valence-corrected chi connectivity index (χ4v) is 4.47. The van der Waals surface area contributed by atoms with Gasteiger partial charge < -0.3 is 15.3 Å². The molecule has 1 unspecified atom stereocenters. The molecule has 4 heterocycles. The number of aliphatic hydroxyl groups is 1. The molecule has 0 aliphatic carbocycles. The van der Waals surface area contributed by atoms with Gasteiger partial charge >= 0.3 is 0 Å². The van der Waals surface area contributed by atoms with Crippen LogP contribution in [0.2, 0.25) is 5.02 Å². The summed E-state index contributed by atoms with van der Waals surface area (Å²) in [6.45, 7) is 4.44. The molecule has 0 bridgehead atoms. The molecule has 0 saturated carbocycles. The molecule has 3 aromatic heterocycles. The number of carbonyl (C=O) groups excluding carboxylic acids is 1. The second-order valence-corrected chi connectivity index (χ2v) is 8.71. The SMILES string of the molecule is C[C@H](Nc1ncnc2cccnc12)c1cc2cc(Cl)ccc2nc1N1CCN(C(O)C=O)CC1. The lowest BCUT2D eigenvalue weighted by atomic mass is 10.0. The number of aromatic nitrogens is 4. The fraction of sp³-hybridized carbons (Fsp3) is 0.292. The molecular formula is C24H24ClN7O2. The maximum Gasteiger partial charge on any atom is 0.164 e. The first-order chi connectivity index (χ1) is 16.5. The minimum atomic E-state index is -1.08. The second-order valence-electron chi connectivity index (χ2n) is 8.27. The molecule has 0 spiro atoms. The maximum absolute atomic E-state index is 11.0. The maximum atomic E-state index is 11.0. The van der Waals surface area contributed by atoms with Crippen LogP contribution >= 0.6 is 11.6 Å². The Balaban J connectivity index is 1.51.